The minimum absolute atomic E-state index is 0.0394. The first kappa shape index (κ1) is 17.7. The number of primary sulfonamides is 1. The minimum atomic E-state index is -3.81. The predicted molar refractivity (Wildman–Crippen MR) is 83.6 cm³/mol. The Labute approximate surface area is 127 Å². The molecule has 21 heavy (non-hydrogen) atoms. The van der Waals surface area contributed by atoms with E-state index in [9.17, 15) is 13.2 Å². The molecule has 0 spiro atoms. The molecule has 0 saturated carbocycles. The zero-order valence-corrected chi connectivity index (χ0v) is 13.8. The lowest BCUT2D eigenvalue weighted by atomic mass is 10.00. The Morgan fingerprint density at radius 2 is 1.90 bits per heavy atom. The molecular formula is C15H24N2O3S. The number of hydrogen-bond donors (Lipinski definition) is 2. The molecule has 0 aliphatic carbocycles. The van der Waals surface area contributed by atoms with E-state index in [4.69, 9.17) is 5.14 Å². The first-order valence-corrected chi connectivity index (χ1v) is 8.71. The van der Waals surface area contributed by atoms with Crippen LogP contribution in [0.5, 0.6) is 0 Å². The second kappa shape index (κ2) is 7.04. The van der Waals surface area contributed by atoms with Gasteiger partial charge in [-0.15, -0.1) is 0 Å². The smallest absolute Gasteiger partial charge is 0.251 e. The van der Waals surface area contributed by atoms with Crippen LogP contribution in [-0.4, -0.2) is 20.4 Å². The summed E-state index contributed by atoms with van der Waals surface area (Å²) in [4.78, 5) is 12.4. The van der Waals surface area contributed by atoms with Crippen molar-refractivity contribution in [3.63, 3.8) is 0 Å². The Kier molecular flexibility index (Phi) is 5.92. The lowest BCUT2D eigenvalue weighted by molar-refractivity contribution is 0.0923. The monoisotopic (exact) mass is 312 g/mol. The van der Waals surface area contributed by atoms with Crippen LogP contribution in [-0.2, 0) is 16.4 Å². The van der Waals surface area contributed by atoms with Gasteiger partial charge in [0.15, 0.2) is 0 Å². The second-order valence-corrected chi connectivity index (χ2v) is 7.01. The first-order valence-electron chi connectivity index (χ1n) is 7.17. The van der Waals surface area contributed by atoms with Gasteiger partial charge in [-0.2, -0.15) is 0 Å². The summed E-state index contributed by atoms with van der Waals surface area (Å²) in [6.07, 6.45) is 1.46. The fourth-order valence-electron chi connectivity index (χ4n) is 2.24. The average molecular weight is 312 g/mol. The molecule has 0 saturated heterocycles. The van der Waals surface area contributed by atoms with Gasteiger partial charge in [-0.1, -0.05) is 33.8 Å². The van der Waals surface area contributed by atoms with Gasteiger partial charge >= 0.3 is 0 Å². The Morgan fingerprint density at radius 3 is 2.33 bits per heavy atom. The normalized spacial score (nSPS) is 13.2. The highest BCUT2D eigenvalue weighted by molar-refractivity contribution is 7.89. The summed E-state index contributed by atoms with van der Waals surface area (Å²) in [5, 5.41) is 8.09. The van der Waals surface area contributed by atoms with Crippen LogP contribution in [0.3, 0.4) is 0 Å². The van der Waals surface area contributed by atoms with Gasteiger partial charge in [0.1, 0.15) is 0 Å². The molecule has 1 amide bonds. The number of aryl methyl sites for hydroxylation is 1. The summed E-state index contributed by atoms with van der Waals surface area (Å²) in [5.41, 5.74) is 1.18. The van der Waals surface area contributed by atoms with Crippen molar-refractivity contribution in [2.75, 3.05) is 0 Å². The fraction of sp³-hybridized carbons (Fsp3) is 0.533. The molecule has 1 aromatic rings. The van der Waals surface area contributed by atoms with E-state index in [-0.39, 0.29) is 16.8 Å². The topological polar surface area (TPSA) is 89.3 Å². The lowest BCUT2D eigenvalue weighted by Crippen LogP contribution is -2.38. The molecule has 1 atom stereocenters. The van der Waals surface area contributed by atoms with Crippen molar-refractivity contribution in [3.05, 3.63) is 29.3 Å². The largest absolute Gasteiger partial charge is 0.349 e. The van der Waals surface area contributed by atoms with Crippen LogP contribution in [0.15, 0.2) is 23.1 Å². The van der Waals surface area contributed by atoms with Crippen LogP contribution in [0.1, 0.15) is 50.0 Å². The third-order valence-corrected chi connectivity index (χ3v) is 4.51. The molecule has 0 aliphatic rings. The molecule has 1 unspecified atom stereocenters. The highest BCUT2D eigenvalue weighted by Gasteiger charge is 2.19. The maximum atomic E-state index is 12.4. The van der Waals surface area contributed by atoms with Gasteiger partial charge in [0.2, 0.25) is 10.0 Å². The van der Waals surface area contributed by atoms with Gasteiger partial charge in [0, 0.05) is 11.6 Å². The predicted octanol–water partition coefficient (Wildman–Crippen LogP) is 2.06. The zero-order valence-electron chi connectivity index (χ0n) is 13.0. The van der Waals surface area contributed by atoms with Crippen molar-refractivity contribution in [3.8, 4) is 0 Å². The maximum absolute atomic E-state index is 12.4. The number of nitrogens with two attached hydrogens (primary N) is 1. The van der Waals surface area contributed by atoms with E-state index >= 15 is 0 Å². The zero-order chi connectivity index (χ0) is 16.2. The average Bonchev–Trinajstić information content (AvgIpc) is 2.42. The van der Waals surface area contributed by atoms with E-state index in [1.807, 2.05) is 27.7 Å². The second-order valence-electron chi connectivity index (χ2n) is 5.45. The van der Waals surface area contributed by atoms with Gasteiger partial charge in [0.25, 0.3) is 5.91 Å². The minimum Gasteiger partial charge on any atom is -0.349 e. The summed E-state index contributed by atoms with van der Waals surface area (Å²) in [7, 11) is -3.81. The number of carbonyl (C=O) groups excluding carboxylic acids is 1. The van der Waals surface area contributed by atoms with Crippen LogP contribution in [0.2, 0.25) is 0 Å². The Balaban J connectivity index is 3.18. The summed E-state index contributed by atoms with van der Waals surface area (Å²) in [6, 6.07) is 4.49. The highest BCUT2D eigenvalue weighted by Crippen LogP contribution is 2.17. The van der Waals surface area contributed by atoms with E-state index in [0.717, 1.165) is 12.0 Å². The van der Waals surface area contributed by atoms with E-state index in [1.165, 1.54) is 12.1 Å². The Bertz CT molecular complexity index is 609. The van der Waals surface area contributed by atoms with E-state index in [0.29, 0.717) is 17.9 Å². The van der Waals surface area contributed by atoms with Crippen LogP contribution < -0.4 is 10.5 Å². The summed E-state index contributed by atoms with van der Waals surface area (Å²) >= 11 is 0. The standard InChI is InChI=1S/C15H24N2O3S/c1-5-11-7-8-12(21(16,19)20)9-13(11)15(18)17-14(6-2)10(3)4/h7-10,14H,5-6H2,1-4H3,(H,17,18)(H2,16,19,20). The van der Waals surface area contributed by atoms with Crippen molar-refractivity contribution in [2.45, 2.75) is 51.5 Å². The van der Waals surface area contributed by atoms with Crippen molar-refractivity contribution < 1.29 is 13.2 Å². The van der Waals surface area contributed by atoms with Crippen LogP contribution in [0.4, 0.5) is 0 Å². The molecule has 6 heteroatoms. The van der Waals surface area contributed by atoms with Gasteiger partial charge in [0.05, 0.1) is 4.90 Å². The molecule has 5 nitrogen and oxygen atoms in total. The van der Waals surface area contributed by atoms with E-state index in [1.54, 1.807) is 6.07 Å². The maximum Gasteiger partial charge on any atom is 0.251 e. The molecule has 3 N–H and O–H groups in total. The van der Waals surface area contributed by atoms with Gasteiger partial charge in [-0.05, 0) is 36.5 Å². The third-order valence-electron chi connectivity index (χ3n) is 3.60. The van der Waals surface area contributed by atoms with Crippen molar-refractivity contribution in [1.82, 2.24) is 5.32 Å². The fourth-order valence-corrected chi connectivity index (χ4v) is 2.78. The molecule has 0 aromatic heterocycles. The van der Waals surface area contributed by atoms with E-state index < -0.39 is 10.0 Å². The number of amides is 1. The molecule has 0 bridgehead atoms. The lowest BCUT2D eigenvalue weighted by Gasteiger charge is -2.21. The van der Waals surface area contributed by atoms with Crippen LogP contribution >= 0.6 is 0 Å². The molecule has 0 heterocycles. The molecule has 0 fully saturated rings. The van der Waals surface area contributed by atoms with Crippen LogP contribution in [0, 0.1) is 5.92 Å². The molecular weight excluding hydrogens is 288 g/mol. The molecule has 118 valence electrons. The van der Waals surface area contributed by atoms with Crippen LogP contribution in [0.25, 0.3) is 0 Å². The summed E-state index contributed by atoms with van der Waals surface area (Å²) < 4.78 is 22.9. The Morgan fingerprint density at radius 1 is 1.29 bits per heavy atom. The number of benzene rings is 1. The van der Waals surface area contributed by atoms with E-state index in [2.05, 4.69) is 5.32 Å². The Hall–Kier alpha value is -1.40. The molecule has 0 radical (unpaired) electrons. The van der Waals surface area contributed by atoms with Gasteiger partial charge in [-0.3, -0.25) is 4.79 Å². The number of carbonyl (C=O) groups is 1. The number of rotatable bonds is 6. The number of nitrogens with one attached hydrogen (secondary N) is 1. The molecule has 1 aromatic carbocycles. The van der Waals surface area contributed by atoms with Gasteiger partial charge < -0.3 is 5.32 Å². The van der Waals surface area contributed by atoms with Crippen molar-refractivity contribution in [1.29, 1.82) is 0 Å². The van der Waals surface area contributed by atoms with Gasteiger partial charge in [-0.25, -0.2) is 13.6 Å². The van der Waals surface area contributed by atoms with Crippen molar-refractivity contribution in [2.24, 2.45) is 11.1 Å². The highest BCUT2D eigenvalue weighted by atomic mass is 32.2. The number of hydrogen-bond acceptors (Lipinski definition) is 3. The summed E-state index contributed by atoms with van der Waals surface area (Å²) in [6.45, 7) is 8.00. The molecule has 0 aliphatic heterocycles. The SMILES string of the molecule is CCc1ccc(S(N)(=O)=O)cc1C(=O)NC(CC)C(C)C. The summed E-state index contributed by atoms with van der Waals surface area (Å²) in [5.74, 6) is 0.0587. The molecule has 1 rings (SSSR count). The quantitative estimate of drug-likeness (QED) is 0.842. The first-order chi connectivity index (χ1) is 9.70. The van der Waals surface area contributed by atoms with Crippen molar-refractivity contribution >= 4 is 15.9 Å². The number of sulfonamides is 1. The third kappa shape index (κ3) is 4.54.